The Kier molecular flexibility index (Phi) is 5.36. The van der Waals surface area contributed by atoms with Gasteiger partial charge in [-0.25, -0.2) is 0 Å². The predicted molar refractivity (Wildman–Crippen MR) is 83.0 cm³/mol. The van der Waals surface area contributed by atoms with Crippen molar-refractivity contribution < 1.29 is 4.79 Å². The van der Waals surface area contributed by atoms with E-state index in [0.29, 0.717) is 6.54 Å². The molecule has 0 aliphatic heterocycles. The number of benzene rings is 1. The summed E-state index contributed by atoms with van der Waals surface area (Å²) in [5.74, 6) is 0.353. The van der Waals surface area contributed by atoms with Gasteiger partial charge in [0.25, 0.3) is 0 Å². The molecular formula is C17H24N2O. The van der Waals surface area contributed by atoms with Gasteiger partial charge >= 0.3 is 0 Å². The van der Waals surface area contributed by atoms with Crippen LogP contribution >= 0.6 is 0 Å². The summed E-state index contributed by atoms with van der Waals surface area (Å²) in [5.41, 5.74) is 7.11. The highest BCUT2D eigenvalue weighted by atomic mass is 16.2. The molecule has 3 heteroatoms. The summed E-state index contributed by atoms with van der Waals surface area (Å²) < 4.78 is 0. The van der Waals surface area contributed by atoms with Crippen LogP contribution in [0.15, 0.2) is 36.4 Å². The third-order valence-electron chi connectivity index (χ3n) is 3.93. The minimum atomic E-state index is 0.119. The molecule has 1 aromatic rings. The highest BCUT2D eigenvalue weighted by Crippen LogP contribution is 2.24. The van der Waals surface area contributed by atoms with E-state index in [1.165, 1.54) is 0 Å². The van der Waals surface area contributed by atoms with E-state index in [9.17, 15) is 4.79 Å². The Morgan fingerprint density at radius 1 is 1.35 bits per heavy atom. The largest absolute Gasteiger partial charge is 0.342 e. The number of amides is 1. The first kappa shape index (κ1) is 14.8. The second-order valence-corrected chi connectivity index (χ2v) is 5.66. The Bertz CT molecular complexity index is 455. The van der Waals surface area contributed by atoms with Crippen LogP contribution in [0.3, 0.4) is 0 Å². The molecule has 0 aromatic heterocycles. The van der Waals surface area contributed by atoms with Crippen LogP contribution in [0.5, 0.6) is 0 Å². The number of hydrogen-bond acceptors (Lipinski definition) is 2. The molecule has 0 bridgehead atoms. The fourth-order valence-corrected chi connectivity index (χ4v) is 2.76. The van der Waals surface area contributed by atoms with Gasteiger partial charge in [0.05, 0.1) is 0 Å². The zero-order chi connectivity index (χ0) is 14.4. The van der Waals surface area contributed by atoms with Gasteiger partial charge in [0.15, 0.2) is 0 Å². The molecule has 1 aliphatic rings. The summed E-state index contributed by atoms with van der Waals surface area (Å²) in [6, 6.07) is 10.3. The lowest BCUT2D eigenvalue weighted by Crippen LogP contribution is -2.38. The molecule has 20 heavy (non-hydrogen) atoms. The molecule has 0 spiro atoms. The summed E-state index contributed by atoms with van der Waals surface area (Å²) in [7, 11) is 1.87. The molecular weight excluding hydrogens is 248 g/mol. The third kappa shape index (κ3) is 4.20. The standard InChI is InChI=1S/C17H24N2O/c1-19(12-6-9-14-7-3-2-4-8-14)17(20)15-10-5-11-16(18)13-15/h2-4,6-9,15-16H,5,10-13,18H2,1H3/t15-,16+/m1/s1. The Morgan fingerprint density at radius 3 is 2.80 bits per heavy atom. The van der Waals surface area contributed by atoms with Crippen LogP contribution in [-0.2, 0) is 4.79 Å². The lowest BCUT2D eigenvalue weighted by molar-refractivity contribution is -0.134. The lowest BCUT2D eigenvalue weighted by Gasteiger charge is -2.28. The maximum atomic E-state index is 12.3. The summed E-state index contributed by atoms with van der Waals surface area (Å²) in [4.78, 5) is 14.1. The SMILES string of the molecule is CN(CC=Cc1ccccc1)C(=O)[C@@H]1CCC[C@H](N)C1. The highest BCUT2D eigenvalue weighted by Gasteiger charge is 2.26. The van der Waals surface area contributed by atoms with Gasteiger partial charge in [-0.3, -0.25) is 4.79 Å². The Hall–Kier alpha value is -1.61. The zero-order valence-corrected chi connectivity index (χ0v) is 12.2. The van der Waals surface area contributed by atoms with Crippen LogP contribution in [-0.4, -0.2) is 30.4 Å². The fourth-order valence-electron chi connectivity index (χ4n) is 2.76. The average Bonchev–Trinajstić information content (AvgIpc) is 2.47. The summed E-state index contributed by atoms with van der Waals surface area (Å²) >= 11 is 0. The van der Waals surface area contributed by atoms with Gasteiger partial charge in [-0.2, -0.15) is 0 Å². The summed E-state index contributed by atoms with van der Waals surface area (Å²) in [6.07, 6.45) is 8.05. The van der Waals surface area contributed by atoms with Crippen LogP contribution in [0.25, 0.3) is 6.08 Å². The van der Waals surface area contributed by atoms with Gasteiger partial charge in [0.1, 0.15) is 0 Å². The predicted octanol–water partition coefficient (Wildman–Crippen LogP) is 2.68. The molecule has 1 amide bonds. The minimum Gasteiger partial charge on any atom is -0.342 e. The van der Waals surface area contributed by atoms with E-state index in [1.54, 1.807) is 0 Å². The molecule has 1 saturated carbocycles. The van der Waals surface area contributed by atoms with Gasteiger partial charge in [0.2, 0.25) is 5.91 Å². The van der Waals surface area contributed by atoms with E-state index in [0.717, 1.165) is 31.2 Å². The number of carbonyl (C=O) groups excluding carboxylic acids is 1. The Morgan fingerprint density at radius 2 is 2.10 bits per heavy atom. The first-order chi connectivity index (χ1) is 9.66. The van der Waals surface area contributed by atoms with Crippen LogP contribution in [0.4, 0.5) is 0 Å². The third-order valence-corrected chi connectivity index (χ3v) is 3.93. The normalized spacial score (nSPS) is 22.9. The molecule has 1 aromatic carbocycles. The molecule has 108 valence electrons. The van der Waals surface area contributed by atoms with Crippen molar-refractivity contribution in [3.63, 3.8) is 0 Å². The fraction of sp³-hybridized carbons (Fsp3) is 0.471. The highest BCUT2D eigenvalue weighted by molar-refractivity contribution is 5.79. The molecule has 0 saturated heterocycles. The summed E-state index contributed by atoms with van der Waals surface area (Å²) in [5, 5.41) is 0. The summed E-state index contributed by atoms with van der Waals surface area (Å²) in [6.45, 7) is 0.652. The molecule has 1 aliphatic carbocycles. The van der Waals surface area contributed by atoms with Gasteiger partial charge < -0.3 is 10.6 Å². The molecule has 3 nitrogen and oxygen atoms in total. The zero-order valence-electron chi connectivity index (χ0n) is 12.2. The smallest absolute Gasteiger partial charge is 0.225 e. The minimum absolute atomic E-state index is 0.119. The number of rotatable bonds is 4. The monoisotopic (exact) mass is 272 g/mol. The van der Waals surface area contributed by atoms with E-state index in [4.69, 9.17) is 5.73 Å². The van der Waals surface area contributed by atoms with Crippen molar-refractivity contribution in [1.82, 2.24) is 4.90 Å². The lowest BCUT2D eigenvalue weighted by atomic mass is 9.85. The quantitative estimate of drug-likeness (QED) is 0.916. The van der Waals surface area contributed by atoms with Crippen molar-refractivity contribution in [3.05, 3.63) is 42.0 Å². The number of nitrogens with two attached hydrogens (primary N) is 1. The first-order valence-electron chi connectivity index (χ1n) is 7.39. The van der Waals surface area contributed by atoms with Crippen molar-refractivity contribution in [3.8, 4) is 0 Å². The molecule has 2 atom stereocenters. The molecule has 2 N–H and O–H groups in total. The van der Waals surface area contributed by atoms with E-state index in [2.05, 4.69) is 18.2 Å². The van der Waals surface area contributed by atoms with Crippen molar-refractivity contribution >= 4 is 12.0 Å². The average molecular weight is 272 g/mol. The maximum Gasteiger partial charge on any atom is 0.225 e. The van der Waals surface area contributed by atoms with E-state index < -0.39 is 0 Å². The molecule has 0 radical (unpaired) electrons. The molecule has 1 fully saturated rings. The van der Waals surface area contributed by atoms with E-state index >= 15 is 0 Å². The Balaban J connectivity index is 1.83. The van der Waals surface area contributed by atoms with Crippen molar-refractivity contribution in [2.75, 3.05) is 13.6 Å². The van der Waals surface area contributed by atoms with E-state index in [-0.39, 0.29) is 17.9 Å². The topological polar surface area (TPSA) is 46.3 Å². The second kappa shape index (κ2) is 7.25. The number of likely N-dealkylation sites (N-methyl/N-ethyl adjacent to an activating group) is 1. The van der Waals surface area contributed by atoms with Gasteiger partial charge in [-0.05, 0) is 24.8 Å². The van der Waals surface area contributed by atoms with Crippen molar-refractivity contribution in [1.29, 1.82) is 0 Å². The van der Waals surface area contributed by atoms with Crippen LogP contribution in [0.2, 0.25) is 0 Å². The van der Waals surface area contributed by atoms with Crippen molar-refractivity contribution in [2.45, 2.75) is 31.7 Å². The van der Waals surface area contributed by atoms with Gasteiger partial charge in [-0.15, -0.1) is 0 Å². The van der Waals surface area contributed by atoms with Crippen LogP contribution in [0.1, 0.15) is 31.2 Å². The van der Waals surface area contributed by atoms with E-state index in [1.807, 2.05) is 36.2 Å². The maximum absolute atomic E-state index is 12.3. The number of carbonyl (C=O) groups is 1. The molecule has 0 heterocycles. The number of hydrogen-bond donors (Lipinski definition) is 1. The molecule has 2 rings (SSSR count). The second-order valence-electron chi connectivity index (χ2n) is 5.66. The van der Waals surface area contributed by atoms with Crippen molar-refractivity contribution in [2.24, 2.45) is 11.7 Å². The first-order valence-corrected chi connectivity index (χ1v) is 7.39. The van der Waals surface area contributed by atoms with Gasteiger partial charge in [-0.1, -0.05) is 48.9 Å². The van der Waals surface area contributed by atoms with Crippen LogP contribution < -0.4 is 5.73 Å². The number of nitrogens with zero attached hydrogens (tertiary/aromatic N) is 1. The Labute approximate surface area is 121 Å². The van der Waals surface area contributed by atoms with Crippen LogP contribution in [0, 0.1) is 5.92 Å². The molecule has 0 unspecified atom stereocenters. The van der Waals surface area contributed by atoms with Gasteiger partial charge in [0, 0.05) is 25.6 Å².